The van der Waals surface area contributed by atoms with E-state index in [0.717, 1.165) is 24.4 Å². The third-order valence-electron chi connectivity index (χ3n) is 8.19. The summed E-state index contributed by atoms with van der Waals surface area (Å²) >= 11 is 1.11. The van der Waals surface area contributed by atoms with Crippen molar-refractivity contribution < 1.29 is 23.5 Å². The molecule has 2 amide bonds. The zero-order chi connectivity index (χ0) is 29.4. The van der Waals surface area contributed by atoms with E-state index in [-0.39, 0.29) is 41.0 Å². The van der Waals surface area contributed by atoms with Crippen LogP contribution in [0, 0.1) is 5.82 Å². The van der Waals surface area contributed by atoms with Gasteiger partial charge < -0.3 is 24.3 Å². The van der Waals surface area contributed by atoms with Crippen molar-refractivity contribution in [2.45, 2.75) is 25.0 Å². The van der Waals surface area contributed by atoms with Crippen molar-refractivity contribution >= 4 is 62.2 Å². The maximum atomic E-state index is 15.4. The number of pyridine rings is 3. The van der Waals surface area contributed by atoms with Gasteiger partial charge in [-0.05, 0) is 42.6 Å². The van der Waals surface area contributed by atoms with Gasteiger partial charge in [0, 0.05) is 38.8 Å². The Morgan fingerprint density at radius 2 is 1.88 bits per heavy atom. The zero-order valence-electron chi connectivity index (χ0n) is 22.7. The van der Waals surface area contributed by atoms with Gasteiger partial charge >= 0.3 is 6.09 Å². The Hall–Kier alpha value is -4.57. The number of anilines is 3. The summed E-state index contributed by atoms with van der Waals surface area (Å²) < 4.78 is 30.9. The fourth-order valence-electron chi connectivity index (χ4n) is 5.95. The van der Waals surface area contributed by atoms with E-state index in [1.807, 2.05) is 9.47 Å². The minimum atomic E-state index is -0.606. The van der Waals surface area contributed by atoms with Crippen LogP contribution in [-0.4, -0.2) is 87.8 Å². The molecular weight excluding hydrogens is 583 g/mol. The summed E-state index contributed by atoms with van der Waals surface area (Å²) in [6.45, 7) is 2.84. The lowest BCUT2D eigenvalue weighted by Gasteiger charge is -2.36. The molecule has 0 unspecified atom stereocenters. The number of H-pyrrole nitrogens is 1. The molecule has 0 aromatic carbocycles. The molecule has 4 aliphatic rings. The second-order valence-electron chi connectivity index (χ2n) is 11.1. The van der Waals surface area contributed by atoms with Gasteiger partial charge in [-0.15, -0.1) is 0 Å². The molecule has 3 aliphatic heterocycles. The monoisotopic (exact) mass is 608 g/mol. The van der Waals surface area contributed by atoms with Gasteiger partial charge in [-0.3, -0.25) is 28.6 Å². The second kappa shape index (κ2) is 9.74. The van der Waals surface area contributed by atoms with Gasteiger partial charge in [-0.25, -0.2) is 19.2 Å². The topological polar surface area (TPSA) is 155 Å². The molecule has 3 fully saturated rings. The van der Waals surface area contributed by atoms with Gasteiger partial charge in [0.25, 0.3) is 11.5 Å². The van der Waals surface area contributed by atoms with Crippen molar-refractivity contribution in [1.82, 2.24) is 23.8 Å². The highest BCUT2D eigenvalue weighted by molar-refractivity contribution is 7.12. The van der Waals surface area contributed by atoms with E-state index in [0.29, 0.717) is 61.3 Å². The number of carbonyl (C=O) groups excluding carboxylic acids is 2. The maximum absolute atomic E-state index is 15.4. The number of nitrogens with one attached hydrogen (secondary N) is 2. The molecule has 222 valence electrons. The molecule has 7 heterocycles. The molecule has 4 aromatic heterocycles. The Morgan fingerprint density at radius 3 is 2.67 bits per heavy atom. The highest BCUT2D eigenvalue weighted by Crippen LogP contribution is 2.40. The standard InChI is InChI=1S/C27H25FN8O6S/c28-16-9-15-21(38)20-25(39)32-43-26(20)36(13-1-2-13)23(15)31-24(16)34-7-5-33(6-8-34)10-14-11-35(27(40)42-14)18-4-3-17-22(29-18)30-19(37)12-41-17/h3-4,9,13-14H,1-2,5-8,10-12H2,(H,32,39)(H,29,30,37)/t14-/m0/s1. The fraction of sp³-hybridized carbons (Fsp3) is 0.407. The van der Waals surface area contributed by atoms with Gasteiger partial charge in [0.05, 0.1) is 11.9 Å². The van der Waals surface area contributed by atoms with E-state index in [9.17, 15) is 19.2 Å². The molecule has 1 aliphatic carbocycles. The van der Waals surface area contributed by atoms with Crippen LogP contribution in [0.15, 0.2) is 27.8 Å². The van der Waals surface area contributed by atoms with Crippen molar-refractivity contribution in [1.29, 1.82) is 0 Å². The van der Waals surface area contributed by atoms with E-state index in [1.54, 1.807) is 12.1 Å². The molecule has 43 heavy (non-hydrogen) atoms. The van der Waals surface area contributed by atoms with Crippen molar-refractivity contribution in [3.05, 3.63) is 44.6 Å². The number of amides is 2. The normalized spacial score (nSPS) is 20.8. The Morgan fingerprint density at radius 1 is 1.07 bits per heavy atom. The van der Waals surface area contributed by atoms with Crippen LogP contribution >= 0.6 is 11.5 Å². The van der Waals surface area contributed by atoms with Gasteiger partial charge in [-0.1, -0.05) is 0 Å². The van der Waals surface area contributed by atoms with Crippen LogP contribution in [0.4, 0.5) is 26.6 Å². The highest BCUT2D eigenvalue weighted by Gasteiger charge is 2.36. The Balaban J connectivity index is 0.973. The number of aromatic nitrogens is 4. The van der Waals surface area contributed by atoms with Crippen LogP contribution in [0.25, 0.3) is 21.3 Å². The molecule has 4 aromatic rings. The fourth-order valence-corrected chi connectivity index (χ4v) is 6.86. The minimum absolute atomic E-state index is 0.0568. The van der Waals surface area contributed by atoms with Crippen LogP contribution in [-0.2, 0) is 9.53 Å². The number of fused-ring (bicyclic) bond motifs is 3. The lowest BCUT2D eigenvalue weighted by molar-refractivity contribution is -0.118. The molecule has 0 bridgehead atoms. The molecular formula is C27H25FN8O6S. The number of piperazine rings is 1. The number of rotatable bonds is 5. The number of cyclic esters (lactones) is 1. The van der Waals surface area contributed by atoms with Crippen molar-refractivity contribution in [2.24, 2.45) is 0 Å². The Bertz CT molecular complexity index is 1950. The SMILES string of the molecule is O=C1COc2ccc(N3C[C@H](CN4CCN(c5nc6c(cc5F)c(=O)c5c(=O)[nH]sc5n6C5CC5)CC4)OC3=O)nc2N1. The van der Waals surface area contributed by atoms with Crippen LogP contribution in [0.5, 0.6) is 5.75 Å². The summed E-state index contributed by atoms with van der Waals surface area (Å²) in [6.07, 6.45) is 0.887. The first-order valence-corrected chi connectivity index (χ1v) is 14.8. The molecule has 1 atom stereocenters. The van der Waals surface area contributed by atoms with E-state index >= 15 is 4.39 Å². The first-order chi connectivity index (χ1) is 20.8. The molecule has 0 radical (unpaired) electrons. The summed E-state index contributed by atoms with van der Waals surface area (Å²) in [4.78, 5) is 64.7. The van der Waals surface area contributed by atoms with Gasteiger partial charge in [0.15, 0.2) is 29.8 Å². The number of hydrogen-bond donors (Lipinski definition) is 2. The van der Waals surface area contributed by atoms with E-state index in [1.165, 1.54) is 11.0 Å². The molecule has 8 rings (SSSR count). The van der Waals surface area contributed by atoms with E-state index in [2.05, 4.69) is 24.6 Å². The van der Waals surface area contributed by atoms with Crippen LogP contribution < -0.4 is 30.8 Å². The van der Waals surface area contributed by atoms with Crippen molar-refractivity contribution in [3.63, 3.8) is 0 Å². The molecule has 1 saturated carbocycles. The number of hydrogen-bond acceptors (Lipinski definition) is 11. The highest BCUT2D eigenvalue weighted by atomic mass is 32.1. The molecule has 2 saturated heterocycles. The van der Waals surface area contributed by atoms with Crippen LogP contribution in [0.2, 0.25) is 0 Å². The third-order valence-corrected chi connectivity index (χ3v) is 9.08. The summed E-state index contributed by atoms with van der Waals surface area (Å²) in [6, 6.07) is 4.63. The van der Waals surface area contributed by atoms with Crippen molar-refractivity contribution in [3.8, 4) is 5.75 Å². The quantitative estimate of drug-likeness (QED) is 0.342. The predicted octanol–water partition coefficient (Wildman–Crippen LogP) is 1.65. The lowest BCUT2D eigenvalue weighted by Crippen LogP contribution is -2.49. The smallest absolute Gasteiger partial charge is 0.416 e. The van der Waals surface area contributed by atoms with Gasteiger partial charge in [0.2, 0.25) is 5.43 Å². The van der Waals surface area contributed by atoms with Gasteiger partial charge in [0.1, 0.15) is 27.8 Å². The predicted molar refractivity (Wildman–Crippen MR) is 155 cm³/mol. The number of halogens is 1. The average molecular weight is 609 g/mol. The van der Waals surface area contributed by atoms with E-state index < -0.39 is 29.0 Å². The Labute approximate surface area is 245 Å². The first kappa shape index (κ1) is 26.1. The van der Waals surface area contributed by atoms with Crippen molar-refractivity contribution in [2.75, 3.05) is 61.0 Å². The van der Waals surface area contributed by atoms with Crippen LogP contribution in [0.3, 0.4) is 0 Å². The largest absolute Gasteiger partial charge is 0.480 e. The molecule has 0 spiro atoms. The third kappa shape index (κ3) is 4.39. The number of carbonyl (C=O) groups is 2. The number of nitrogens with zero attached hydrogens (tertiary/aromatic N) is 6. The van der Waals surface area contributed by atoms with Gasteiger partial charge in [-0.2, -0.15) is 0 Å². The summed E-state index contributed by atoms with van der Waals surface area (Å²) in [7, 11) is 0. The minimum Gasteiger partial charge on any atom is -0.480 e. The number of aromatic amines is 1. The lowest BCUT2D eigenvalue weighted by atomic mass is 10.2. The van der Waals surface area contributed by atoms with E-state index in [4.69, 9.17) is 9.47 Å². The Kier molecular flexibility index (Phi) is 5.91. The second-order valence-corrected chi connectivity index (χ2v) is 11.9. The molecule has 16 heteroatoms. The molecule has 2 N–H and O–H groups in total. The zero-order valence-corrected chi connectivity index (χ0v) is 23.5. The average Bonchev–Trinajstić information content (AvgIpc) is 3.66. The first-order valence-electron chi connectivity index (χ1n) is 14.0. The summed E-state index contributed by atoms with van der Waals surface area (Å²) in [5, 5.41) is 2.81. The van der Waals surface area contributed by atoms with Crippen LogP contribution in [0.1, 0.15) is 18.9 Å². The molecule has 14 nitrogen and oxygen atoms in total. The summed E-state index contributed by atoms with van der Waals surface area (Å²) in [5.74, 6) is 0.313. The number of ether oxygens (including phenoxy) is 2. The summed E-state index contributed by atoms with van der Waals surface area (Å²) in [5.41, 5.74) is -0.565. The maximum Gasteiger partial charge on any atom is 0.416 e.